The molecule has 1 N–H and O–H groups in total. The average molecular weight is 271 g/mol. The fourth-order valence-electron chi connectivity index (χ4n) is 1.88. The summed E-state index contributed by atoms with van der Waals surface area (Å²) in [6.45, 7) is 4.64. The maximum atomic E-state index is 12.2. The fourth-order valence-corrected chi connectivity index (χ4v) is 1.88. The molecule has 0 unspecified atom stereocenters. The minimum absolute atomic E-state index is 0.143. The number of carbonyl (C=O) groups excluding carboxylic acids is 1. The number of aromatic nitrogens is 2. The minimum Gasteiger partial charge on any atom is -0.322 e. The Hall–Kier alpha value is -2.43. The van der Waals surface area contributed by atoms with Gasteiger partial charge >= 0.3 is 0 Å². The van der Waals surface area contributed by atoms with Crippen molar-refractivity contribution in [2.75, 3.05) is 5.32 Å². The third kappa shape index (κ3) is 3.32. The monoisotopic (exact) mass is 271 g/mol. The Morgan fingerprint density at radius 3 is 2.65 bits per heavy atom. The Balaban J connectivity index is 2.24. The number of amides is 1. The van der Waals surface area contributed by atoms with E-state index in [0.29, 0.717) is 18.2 Å². The van der Waals surface area contributed by atoms with Gasteiger partial charge in [-0.2, -0.15) is 0 Å². The van der Waals surface area contributed by atoms with Crippen LogP contribution in [0.2, 0.25) is 0 Å². The first kappa shape index (κ1) is 14.0. The first-order valence-electron chi connectivity index (χ1n) is 6.48. The Labute approximate surface area is 117 Å². The van der Waals surface area contributed by atoms with Crippen molar-refractivity contribution >= 4 is 11.6 Å². The Morgan fingerprint density at radius 1 is 1.30 bits per heavy atom. The van der Waals surface area contributed by atoms with Gasteiger partial charge < -0.3 is 9.88 Å². The van der Waals surface area contributed by atoms with Crippen molar-refractivity contribution in [3.05, 3.63) is 58.8 Å². The predicted molar refractivity (Wildman–Crippen MR) is 77.7 cm³/mol. The summed E-state index contributed by atoms with van der Waals surface area (Å²) in [6.07, 6.45) is 4.86. The van der Waals surface area contributed by atoms with Gasteiger partial charge in [0, 0.05) is 30.8 Å². The average Bonchev–Trinajstić information content (AvgIpc) is 2.41. The van der Waals surface area contributed by atoms with Crippen LogP contribution in [0.4, 0.5) is 5.69 Å². The Bertz CT molecular complexity index is 648. The number of carbonyl (C=O) groups is 1. The van der Waals surface area contributed by atoms with Gasteiger partial charge in [-0.25, -0.2) is 0 Å². The first-order valence-corrected chi connectivity index (χ1v) is 6.48. The largest absolute Gasteiger partial charge is 0.322 e. The number of pyridine rings is 2. The van der Waals surface area contributed by atoms with Gasteiger partial charge in [-0.1, -0.05) is 13.8 Å². The molecule has 0 saturated heterocycles. The zero-order chi connectivity index (χ0) is 14.5. The lowest BCUT2D eigenvalue weighted by Crippen LogP contribution is -2.29. The van der Waals surface area contributed by atoms with Gasteiger partial charge in [-0.15, -0.1) is 0 Å². The maximum Gasteiger partial charge on any atom is 0.263 e. The molecule has 2 aromatic rings. The van der Waals surface area contributed by atoms with Crippen LogP contribution in [0, 0.1) is 5.92 Å². The van der Waals surface area contributed by atoms with Crippen molar-refractivity contribution in [2.24, 2.45) is 5.92 Å². The molecular weight excluding hydrogens is 254 g/mol. The van der Waals surface area contributed by atoms with E-state index in [1.807, 2.05) is 13.8 Å². The standard InChI is InChI=1S/C15H17N3O2/c1-11(2)10-18-9-3-4-13(15(18)20)14(19)17-12-5-7-16-8-6-12/h3-9,11H,10H2,1-2H3,(H,16,17,19). The molecule has 0 fully saturated rings. The van der Waals surface area contributed by atoms with E-state index in [2.05, 4.69) is 10.3 Å². The molecule has 0 aromatic carbocycles. The number of hydrogen-bond donors (Lipinski definition) is 1. The summed E-state index contributed by atoms with van der Waals surface area (Å²) in [7, 11) is 0. The van der Waals surface area contributed by atoms with Gasteiger partial charge in [0.2, 0.25) is 0 Å². The summed E-state index contributed by atoms with van der Waals surface area (Å²) in [5.41, 5.74) is 0.487. The number of hydrogen-bond acceptors (Lipinski definition) is 3. The molecule has 104 valence electrons. The van der Waals surface area contributed by atoms with Crippen LogP contribution in [-0.2, 0) is 6.54 Å². The van der Waals surface area contributed by atoms with Crippen molar-refractivity contribution in [2.45, 2.75) is 20.4 Å². The second-order valence-corrected chi connectivity index (χ2v) is 4.96. The van der Waals surface area contributed by atoms with Gasteiger partial charge in [-0.05, 0) is 30.2 Å². The normalized spacial score (nSPS) is 10.6. The van der Waals surface area contributed by atoms with Crippen LogP contribution in [0.3, 0.4) is 0 Å². The molecule has 0 aliphatic carbocycles. The SMILES string of the molecule is CC(C)Cn1cccc(C(=O)Nc2ccncc2)c1=O. The lowest BCUT2D eigenvalue weighted by Gasteiger charge is -2.10. The topological polar surface area (TPSA) is 64.0 Å². The molecule has 2 heterocycles. The van der Waals surface area contributed by atoms with Crippen molar-refractivity contribution in [3.8, 4) is 0 Å². The number of nitrogens with one attached hydrogen (secondary N) is 1. The van der Waals surface area contributed by atoms with Gasteiger partial charge in [0.05, 0.1) is 0 Å². The van der Waals surface area contributed by atoms with Gasteiger partial charge in [0.25, 0.3) is 11.5 Å². The zero-order valence-corrected chi connectivity index (χ0v) is 11.5. The molecule has 0 atom stereocenters. The predicted octanol–water partition coefficient (Wildman–Crippen LogP) is 2.15. The highest BCUT2D eigenvalue weighted by Gasteiger charge is 2.12. The number of anilines is 1. The lowest BCUT2D eigenvalue weighted by molar-refractivity contribution is 0.102. The van der Waals surface area contributed by atoms with Gasteiger partial charge in [0.1, 0.15) is 5.56 Å². The number of rotatable bonds is 4. The molecule has 2 aromatic heterocycles. The molecule has 5 heteroatoms. The highest BCUT2D eigenvalue weighted by atomic mass is 16.2. The first-order chi connectivity index (χ1) is 9.58. The quantitative estimate of drug-likeness (QED) is 0.926. The van der Waals surface area contributed by atoms with Crippen molar-refractivity contribution in [3.63, 3.8) is 0 Å². The van der Waals surface area contributed by atoms with E-state index in [9.17, 15) is 9.59 Å². The zero-order valence-electron chi connectivity index (χ0n) is 11.5. The van der Waals surface area contributed by atoms with Crippen molar-refractivity contribution < 1.29 is 4.79 Å². The van der Waals surface area contributed by atoms with Crippen LogP contribution in [0.1, 0.15) is 24.2 Å². The highest BCUT2D eigenvalue weighted by Crippen LogP contribution is 2.05. The molecular formula is C15H17N3O2. The Morgan fingerprint density at radius 2 is 2.00 bits per heavy atom. The van der Waals surface area contributed by atoms with Crippen LogP contribution in [0.25, 0.3) is 0 Å². The van der Waals surface area contributed by atoms with E-state index in [-0.39, 0.29) is 11.1 Å². The molecule has 0 aliphatic rings. The summed E-state index contributed by atoms with van der Waals surface area (Å²) in [4.78, 5) is 28.2. The molecule has 5 nitrogen and oxygen atoms in total. The molecule has 20 heavy (non-hydrogen) atoms. The molecule has 0 spiro atoms. The lowest BCUT2D eigenvalue weighted by atomic mass is 10.2. The summed E-state index contributed by atoms with van der Waals surface area (Å²) in [5, 5.41) is 2.69. The van der Waals surface area contributed by atoms with Gasteiger partial charge in [-0.3, -0.25) is 14.6 Å². The summed E-state index contributed by atoms with van der Waals surface area (Å²) < 4.78 is 1.56. The van der Waals surface area contributed by atoms with Crippen LogP contribution in [-0.4, -0.2) is 15.5 Å². The van der Waals surface area contributed by atoms with Gasteiger partial charge in [0.15, 0.2) is 0 Å². The summed E-state index contributed by atoms with van der Waals surface area (Å²) in [5.74, 6) is -0.0643. The molecule has 0 saturated carbocycles. The van der Waals surface area contributed by atoms with E-state index in [4.69, 9.17) is 0 Å². The third-order valence-corrected chi connectivity index (χ3v) is 2.76. The van der Waals surface area contributed by atoms with Crippen LogP contribution < -0.4 is 10.9 Å². The third-order valence-electron chi connectivity index (χ3n) is 2.76. The van der Waals surface area contributed by atoms with Crippen molar-refractivity contribution in [1.29, 1.82) is 0 Å². The van der Waals surface area contributed by atoms with Crippen molar-refractivity contribution in [1.82, 2.24) is 9.55 Å². The maximum absolute atomic E-state index is 12.2. The van der Waals surface area contributed by atoms with Crippen LogP contribution >= 0.6 is 0 Å². The molecule has 1 amide bonds. The number of nitrogens with zero attached hydrogens (tertiary/aromatic N) is 2. The van der Waals surface area contributed by atoms with E-state index in [0.717, 1.165) is 0 Å². The smallest absolute Gasteiger partial charge is 0.263 e. The van der Waals surface area contributed by atoms with E-state index in [1.165, 1.54) is 6.07 Å². The second-order valence-electron chi connectivity index (χ2n) is 4.96. The fraction of sp³-hybridized carbons (Fsp3) is 0.267. The minimum atomic E-state index is -0.403. The molecule has 2 rings (SSSR count). The molecule has 0 radical (unpaired) electrons. The molecule has 0 aliphatic heterocycles. The van der Waals surface area contributed by atoms with E-state index < -0.39 is 5.91 Å². The van der Waals surface area contributed by atoms with E-state index >= 15 is 0 Å². The summed E-state index contributed by atoms with van der Waals surface area (Å²) in [6, 6.07) is 6.60. The Kier molecular flexibility index (Phi) is 4.30. The highest BCUT2D eigenvalue weighted by molar-refractivity contribution is 6.03. The van der Waals surface area contributed by atoms with Crippen LogP contribution in [0.5, 0.6) is 0 Å². The summed E-state index contributed by atoms with van der Waals surface area (Å²) >= 11 is 0. The van der Waals surface area contributed by atoms with Crippen LogP contribution in [0.15, 0.2) is 47.7 Å². The second kappa shape index (κ2) is 6.14. The van der Waals surface area contributed by atoms with E-state index in [1.54, 1.807) is 41.4 Å². The molecule has 0 bridgehead atoms.